The van der Waals surface area contributed by atoms with Gasteiger partial charge in [-0.05, 0) is 36.1 Å². The van der Waals surface area contributed by atoms with Crippen molar-refractivity contribution in [3.8, 4) is 11.1 Å². The van der Waals surface area contributed by atoms with Crippen molar-refractivity contribution >= 4 is 10.9 Å². The number of hydrogen-bond acceptors (Lipinski definition) is 1. The number of para-hydroxylation sites is 1. The van der Waals surface area contributed by atoms with Gasteiger partial charge < -0.3 is 0 Å². The van der Waals surface area contributed by atoms with Gasteiger partial charge in [-0.15, -0.1) is 0 Å². The average Bonchev–Trinajstić information content (AvgIpc) is 2.62. The van der Waals surface area contributed by atoms with E-state index in [2.05, 4.69) is 60.7 Å². The molecule has 1 saturated carbocycles. The largest absolute Gasteiger partial charge is 0.253 e. The van der Waals surface area contributed by atoms with E-state index >= 15 is 0 Å². The van der Waals surface area contributed by atoms with Gasteiger partial charge in [0.05, 0.1) is 5.52 Å². The zero-order chi connectivity index (χ0) is 14.8. The van der Waals surface area contributed by atoms with Crippen LogP contribution in [-0.2, 0) is 0 Å². The Bertz CT molecular complexity index is 770. The molecule has 0 N–H and O–H groups in total. The highest BCUT2D eigenvalue weighted by atomic mass is 14.7. The molecule has 1 heterocycles. The Morgan fingerprint density at radius 3 is 2.32 bits per heavy atom. The summed E-state index contributed by atoms with van der Waals surface area (Å²) in [7, 11) is 0. The quantitative estimate of drug-likeness (QED) is 0.567. The van der Waals surface area contributed by atoms with E-state index in [1.54, 1.807) is 0 Å². The van der Waals surface area contributed by atoms with Crippen LogP contribution in [0.1, 0.15) is 43.7 Å². The summed E-state index contributed by atoms with van der Waals surface area (Å²) in [5.41, 5.74) is 5.03. The maximum Gasteiger partial charge on any atom is 0.0711 e. The van der Waals surface area contributed by atoms with Crippen LogP contribution in [-0.4, -0.2) is 4.98 Å². The Labute approximate surface area is 132 Å². The lowest BCUT2D eigenvalue weighted by molar-refractivity contribution is 0.437. The molecule has 1 aliphatic rings. The van der Waals surface area contributed by atoms with Crippen molar-refractivity contribution in [1.29, 1.82) is 0 Å². The van der Waals surface area contributed by atoms with E-state index in [0.717, 1.165) is 5.52 Å². The summed E-state index contributed by atoms with van der Waals surface area (Å²) in [5.74, 6) is 0.640. The van der Waals surface area contributed by atoms with Crippen LogP contribution in [0, 0.1) is 0 Å². The summed E-state index contributed by atoms with van der Waals surface area (Å²) < 4.78 is 0. The van der Waals surface area contributed by atoms with Gasteiger partial charge in [-0.25, -0.2) is 0 Å². The fourth-order valence-corrected chi connectivity index (χ4v) is 3.66. The minimum atomic E-state index is 0.640. The van der Waals surface area contributed by atoms with Crippen molar-refractivity contribution in [2.24, 2.45) is 0 Å². The van der Waals surface area contributed by atoms with Crippen molar-refractivity contribution in [3.63, 3.8) is 0 Å². The molecule has 0 amide bonds. The van der Waals surface area contributed by atoms with Crippen LogP contribution in [0.2, 0.25) is 0 Å². The monoisotopic (exact) mass is 287 g/mol. The molecule has 0 radical (unpaired) electrons. The van der Waals surface area contributed by atoms with E-state index in [9.17, 15) is 0 Å². The minimum Gasteiger partial charge on any atom is -0.253 e. The van der Waals surface area contributed by atoms with Gasteiger partial charge in [0.15, 0.2) is 0 Å². The van der Waals surface area contributed by atoms with Gasteiger partial charge in [0.25, 0.3) is 0 Å². The Morgan fingerprint density at radius 1 is 0.773 bits per heavy atom. The lowest BCUT2D eigenvalue weighted by Gasteiger charge is -2.22. The van der Waals surface area contributed by atoms with Crippen molar-refractivity contribution in [3.05, 3.63) is 66.4 Å². The number of fused-ring (bicyclic) bond motifs is 1. The van der Waals surface area contributed by atoms with E-state index in [1.165, 1.54) is 54.3 Å². The molecule has 0 saturated heterocycles. The van der Waals surface area contributed by atoms with Crippen molar-refractivity contribution in [2.75, 3.05) is 0 Å². The second kappa shape index (κ2) is 5.92. The molecule has 1 heteroatoms. The fraction of sp³-hybridized carbons (Fsp3) is 0.286. The maximum atomic E-state index is 4.99. The third-order valence-electron chi connectivity index (χ3n) is 4.84. The molecule has 22 heavy (non-hydrogen) atoms. The molecule has 1 nitrogen and oxygen atoms in total. The van der Waals surface area contributed by atoms with Gasteiger partial charge in [-0.3, -0.25) is 4.98 Å². The average molecular weight is 287 g/mol. The standard InChI is InChI=1S/C21H21N/c1-3-9-16(10-4-1)19-15-21(17-11-5-2-6-12-17)22-20-14-8-7-13-18(19)20/h1,3-4,7-10,13-15,17H,2,5-6,11-12H2. The number of benzene rings is 2. The van der Waals surface area contributed by atoms with Gasteiger partial charge in [-0.1, -0.05) is 67.8 Å². The molecule has 0 aliphatic heterocycles. The molecular weight excluding hydrogens is 266 g/mol. The summed E-state index contributed by atoms with van der Waals surface area (Å²) in [4.78, 5) is 4.99. The van der Waals surface area contributed by atoms with E-state index < -0.39 is 0 Å². The molecule has 110 valence electrons. The maximum absolute atomic E-state index is 4.99. The first-order valence-electron chi connectivity index (χ1n) is 8.37. The van der Waals surface area contributed by atoms with Gasteiger partial charge >= 0.3 is 0 Å². The molecule has 0 atom stereocenters. The van der Waals surface area contributed by atoms with E-state index in [0.29, 0.717) is 5.92 Å². The minimum absolute atomic E-state index is 0.640. The highest BCUT2D eigenvalue weighted by Crippen LogP contribution is 2.36. The summed E-state index contributed by atoms with van der Waals surface area (Å²) in [6.45, 7) is 0. The van der Waals surface area contributed by atoms with Crippen LogP contribution < -0.4 is 0 Å². The van der Waals surface area contributed by atoms with Gasteiger partial charge in [0.2, 0.25) is 0 Å². The normalized spacial score (nSPS) is 16.0. The highest BCUT2D eigenvalue weighted by molar-refractivity contribution is 5.94. The zero-order valence-electron chi connectivity index (χ0n) is 12.8. The second-order valence-electron chi connectivity index (χ2n) is 6.31. The smallest absolute Gasteiger partial charge is 0.0711 e. The molecule has 0 spiro atoms. The molecule has 1 fully saturated rings. The molecular formula is C21H21N. The number of pyridine rings is 1. The number of hydrogen-bond donors (Lipinski definition) is 0. The third-order valence-corrected chi connectivity index (χ3v) is 4.84. The lowest BCUT2D eigenvalue weighted by atomic mass is 9.85. The van der Waals surface area contributed by atoms with Crippen LogP contribution in [0.15, 0.2) is 60.7 Å². The Kier molecular flexibility index (Phi) is 3.64. The van der Waals surface area contributed by atoms with E-state index in [4.69, 9.17) is 4.98 Å². The highest BCUT2D eigenvalue weighted by Gasteiger charge is 2.18. The van der Waals surface area contributed by atoms with Crippen molar-refractivity contribution < 1.29 is 0 Å². The summed E-state index contributed by atoms with van der Waals surface area (Å²) in [6, 6.07) is 21.6. The topological polar surface area (TPSA) is 12.9 Å². The van der Waals surface area contributed by atoms with E-state index in [-0.39, 0.29) is 0 Å². The van der Waals surface area contributed by atoms with Gasteiger partial charge in [0, 0.05) is 17.0 Å². The second-order valence-corrected chi connectivity index (χ2v) is 6.31. The molecule has 2 aromatic carbocycles. The zero-order valence-corrected chi connectivity index (χ0v) is 12.8. The predicted molar refractivity (Wildman–Crippen MR) is 93.0 cm³/mol. The first kappa shape index (κ1) is 13.5. The SMILES string of the molecule is c1ccc(-c2cc(C3CCCCC3)nc3ccccc23)cc1. The predicted octanol–water partition coefficient (Wildman–Crippen LogP) is 5.95. The Hall–Kier alpha value is -2.15. The molecule has 1 aromatic heterocycles. The fourth-order valence-electron chi connectivity index (χ4n) is 3.66. The summed E-state index contributed by atoms with van der Waals surface area (Å²) in [5, 5.41) is 1.26. The number of rotatable bonds is 2. The molecule has 0 unspecified atom stereocenters. The van der Waals surface area contributed by atoms with Crippen LogP contribution in [0.4, 0.5) is 0 Å². The third kappa shape index (κ3) is 2.52. The molecule has 4 rings (SSSR count). The van der Waals surface area contributed by atoms with Crippen LogP contribution in [0.25, 0.3) is 22.0 Å². The first-order chi connectivity index (χ1) is 10.9. The van der Waals surface area contributed by atoms with Gasteiger partial charge in [0.1, 0.15) is 0 Å². The van der Waals surface area contributed by atoms with Crippen molar-refractivity contribution in [2.45, 2.75) is 38.0 Å². The summed E-state index contributed by atoms with van der Waals surface area (Å²) >= 11 is 0. The Balaban J connectivity index is 1.89. The summed E-state index contributed by atoms with van der Waals surface area (Å²) in [6.07, 6.45) is 6.66. The van der Waals surface area contributed by atoms with Crippen LogP contribution in [0.3, 0.4) is 0 Å². The van der Waals surface area contributed by atoms with Crippen LogP contribution >= 0.6 is 0 Å². The molecule has 3 aromatic rings. The first-order valence-corrected chi connectivity index (χ1v) is 8.37. The van der Waals surface area contributed by atoms with Gasteiger partial charge in [-0.2, -0.15) is 0 Å². The molecule has 1 aliphatic carbocycles. The molecule has 0 bridgehead atoms. The van der Waals surface area contributed by atoms with Crippen LogP contribution in [0.5, 0.6) is 0 Å². The van der Waals surface area contributed by atoms with E-state index in [1.807, 2.05) is 0 Å². The number of aromatic nitrogens is 1. The number of nitrogens with zero attached hydrogens (tertiary/aromatic N) is 1. The van der Waals surface area contributed by atoms with Crippen molar-refractivity contribution in [1.82, 2.24) is 4.98 Å². The lowest BCUT2D eigenvalue weighted by Crippen LogP contribution is -2.07. The Morgan fingerprint density at radius 2 is 1.50 bits per heavy atom.